The molecule has 0 radical (unpaired) electrons. The molecule has 1 aliphatic carbocycles. The highest BCUT2D eigenvalue weighted by atomic mass is 35.5. The fourth-order valence-corrected chi connectivity index (χ4v) is 5.15. The maximum atomic E-state index is 13.2. The monoisotopic (exact) mass is 500 g/mol. The Bertz CT molecular complexity index is 1440. The van der Waals surface area contributed by atoms with Crippen LogP contribution < -0.4 is 4.90 Å². The third-order valence-corrected chi connectivity index (χ3v) is 7.44. The van der Waals surface area contributed by atoms with Crippen LogP contribution in [-0.2, 0) is 0 Å². The van der Waals surface area contributed by atoms with E-state index in [1.807, 2.05) is 28.6 Å². The lowest BCUT2D eigenvalue weighted by Crippen LogP contribution is -2.35. The van der Waals surface area contributed by atoms with Gasteiger partial charge in [-0.15, -0.1) is 0 Å². The van der Waals surface area contributed by atoms with Gasteiger partial charge in [-0.1, -0.05) is 41.4 Å². The normalized spacial score (nSPS) is 16.4. The van der Waals surface area contributed by atoms with Gasteiger partial charge in [0, 0.05) is 32.1 Å². The van der Waals surface area contributed by atoms with Crippen LogP contribution in [0.1, 0.15) is 52.6 Å². The van der Waals surface area contributed by atoms with Gasteiger partial charge in [-0.25, -0.2) is 14.6 Å². The van der Waals surface area contributed by atoms with Gasteiger partial charge in [0.25, 0.3) is 5.91 Å². The number of anilines is 1. The minimum atomic E-state index is -0.0164. The van der Waals surface area contributed by atoms with Crippen LogP contribution in [0.25, 0.3) is 16.7 Å². The molecule has 184 valence electrons. The average Bonchev–Trinajstić information content (AvgIpc) is 3.71. The molecule has 2 fully saturated rings. The van der Waals surface area contributed by atoms with Crippen molar-refractivity contribution in [1.29, 1.82) is 0 Å². The number of amides is 1. The van der Waals surface area contributed by atoms with Crippen molar-refractivity contribution in [2.75, 3.05) is 31.1 Å². The van der Waals surface area contributed by atoms with E-state index >= 15 is 0 Å². The Morgan fingerprint density at radius 1 is 0.944 bits per heavy atom. The predicted octanol–water partition coefficient (Wildman–Crippen LogP) is 5.32. The van der Waals surface area contributed by atoms with Gasteiger partial charge in [-0.05, 0) is 57.4 Å². The van der Waals surface area contributed by atoms with Gasteiger partial charge in [0.05, 0.1) is 27.4 Å². The number of aryl methyl sites for hydroxylation is 2. The first kappa shape index (κ1) is 23.0. The van der Waals surface area contributed by atoms with Gasteiger partial charge in [-0.2, -0.15) is 5.10 Å². The molecule has 1 amide bonds. The van der Waals surface area contributed by atoms with E-state index < -0.39 is 0 Å². The lowest BCUT2D eigenvalue weighted by atomic mass is 10.2. The molecule has 8 heteroatoms. The number of hydrogen-bond acceptors (Lipinski definition) is 5. The van der Waals surface area contributed by atoms with Crippen molar-refractivity contribution in [2.45, 2.75) is 39.0 Å². The van der Waals surface area contributed by atoms with Crippen LogP contribution in [-0.4, -0.2) is 56.7 Å². The maximum Gasteiger partial charge on any atom is 0.255 e. The molecule has 1 saturated heterocycles. The molecule has 6 rings (SSSR count). The van der Waals surface area contributed by atoms with Crippen molar-refractivity contribution in [3.63, 3.8) is 0 Å². The van der Waals surface area contributed by atoms with E-state index in [0.29, 0.717) is 36.1 Å². The van der Waals surface area contributed by atoms with Gasteiger partial charge in [0.15, 0.2) is 5.65 Å². The zero-order valence-electron chi connectivity index (χ0n) is 20.6. The van der Waals surface area contributed by atoms with E-state index in [0.717, 1.165) is 59.9 Å². The van der Waals surface area contributed by atoms with Crippen molar-refractivity contribution in [2.24, 2.45) is 0 Å². The van der Waals surface area contributed by atoms with Crippen molar-refractivity contribution < 1.29 is 4.79 Å². The lowest BCUT2D eigenvalue weighted by Gasteiger charge is -2.24. The molecular weight excluding hydrogens is 472 g/mol. The van der Waals surface area contributed by atoms with Crippen LogP contribution in [0.15, 0.2) is 48.5 Å². The molecule has 0 unspecified atom stereocenters. The number of hydrogen-bond donors (Lipinski definition) is 0. The van der Waals surface area contributed by atoms with E-state index in [9.17, 15) is 4.79 Å². The molecule has 0 spiro atoms. The number of halogens is 1. The summed E-state index contributed by atoms with van der Waals surface area (Å²) < 4.78 is 1.95. The van der Waals surface area contributed by atoms with Gasteiger partial charge < -0.3 is 9.80 Å². The van der Waals surface area contributed by atoms with E-state index in [4.69, 9.17) is 26.7 Å². The number of aromatic nitrogens is 4. The number of carbonyl (C=O) groups excluding carboxylic acids is 1. The highest BCUT2D eigenvalue weighted by Crippen LogP contribution is 2.40. The quantitative estimate of drug-likeness (QED) is 0.379. The summed E-state index contributed by atoms with van der Waals surface area (Å²) in [4.78, 5) is 27.5. The molecule has 1 saturated carbocycles. The molecule has 0 atom stereocenters. The zero-order chi connectivity index (χ0) is 24.8. The molecule has 2 aromatic heterocycles. The van der Waals surface area contributed by atoms with Crippen LogP contribution in [0.5, 0.6) is 0 Å². The molecule has 36 heavy (non-hydrogen) atoms. The van der Waals surface area contributed by atoms with Crippen molar-refractivity contribution in [3.8, 4) is 5.69 Å². The standard InChI is InChI=1S/C28H29ClN6O/c1-18-8-12-21(13-9-18)35-27-24(19(2)32-35)26(30-25(31-27)20-10-11-20)33-14-5-15-34(17-16-33)28(36)22-6-3-4-7-23(22)29/h3-4,6-9,12-13,20H,5,10-11,14-17H2,1-2H3. The number of fused-ring (bicyclic) bond motifs is 1. The zero-order valence-corrected chi connectivity index (χ0v) is 21.4. The summed E-state index contributed by atoms with van der Waals surface area (Å²) >= 11 is 6.32. The fourth-order valence-electron chi connectivity index (χ4n) is 4.93. The van der Waals surface area contributed by atoms with Gasteiger partial charge >= 0.3 is 0 Å². The van der Waals surface area contributed by atoms with Crippen LogP contribution in [0.3, 0.4) is 0 Å². The Morgan fingerprint density at radius 2 is 1.72 bits per heavy atom. The van der Waals surface area contributed by atoms with Crippen LogP contribution in [0.2, 0.25) is 5.02 Å². The van der Waals surface area contributed by atoms with E-state index in [1.54, 1.807) is 12.1 Å². The van der Waals surface area contributed by atoms with Gasteiger partial charge in [0.2, 0.25) is 0 Å². The highest BCUT2D eigenvalue weighted by molar-refractivity contribution is 6.33. The maximum absolute atomic E-state index is 13.2. The summed E-state index contributed by atoms with van der Waals surface area (Å²) in [6, 6.07) is 15.6. The first-order chi connectivity index (χ1) is 17.5. The Balaban J connectivity index is 1.36. The van der Waals surface area contributed by atoms with E-state index in [1.165, 1.54) is 5.56 Å². The molecule has 0 N–H and O–H groups in total. The average molecular weight is 501 g/mol. The van der Waals surface area contributed by atoms with Crippen LogP contribution >= 0.6 is 11.6 Å². The second-order valence-corrected chi connectivity index (χ2v) is 10.2. The minimum absolute atomic E-state index is 0.0164. The van der Waals surface area contributed by atoms with Crippen molar-refractivity contribution in [1.82, 2.24) is 24.6 Å². The summed E-state index contributed by atoms with van der Waals surface area (Å²) in [6.45, 7) is 6.92. The Hall–Kier alpha value is -3.45. The number of rotatable bonds is 4. The second kappa shape index (κ2) is 9.21. The van der Waals surface area contributed by atoms with Gasteiger partial charge in [0.1, 0.15) is 11.6 Å². The Morgan fingerprint density at radius 3 is 2.47 bits per heavy atom. The summed E-state index contributed by atoms with van der Waals surface area (Å²) in [5.41, 5.74) is 4.54. The van der Waals surface area contributed by atoms with E-state index in [2.05, 4.69) is 36.1 Å². The first-order valence-electron chi connectivity index (χ1n) is 12.6. The topological polar surface area (TPSA) is 67.2 Å². The summed E-state index contributed by atoms with van der Waals surface area (Å²) in [6.07, 6.45) is 3.11. The SMILES string of the molecule is Cc1ccc(-n2nc(C)c3c(N4CCCN(C(=O)c5ccccc5Cl)CC4)nc(C4CC4)nc32)cc1. The number of benzene rings is 2. The van der Waals surface area contributed by atoms with E-state index in [-0.39, 0.29) is 5.91 Å². The molecule has 1 aliphatic heterocycles. The molecule has 4 aromatic rings. The third-order valence-electron chi connectivity index (χ3n) is 7.11. The van der Waals surface area contributed by atoms with Gasteiger partial charge in [-0.3, -0.25) is 4.79 Å². The molecule has 2 aromatic carbocycles. The molecule has 2 aliphatic rings. The lowest BCUT2D eigenvalue weighted by molar-refractivity contribution is 0.0767. The Labute approximate surface area is 215 Å². The molecule has 7 nitrogen and oxygen atoms in total. The minimum Gasteiger partial charge on any atom is -0.354 e. The van der Waals surface area contributed by atoms with Crippen LogP contribution in [0, 0.1) is 13.8 Å². The van der Waals surface area contributed by atoms with Crippen molar-refractivity contribution >= 4 is 34.4 Å². The predicted molar refractivity (Wildman–Crippen MR) is 142 cm³/mol. The number of carbonyl (C=O) groups is 1. The second-order valence-electron chi connectivity index (χ2n) is 9.82. The molecular formula is C28H29ClN6O. The fraction of sp³-hybridized carbons (Fsp3) is 0.357. The molecule has 3 heterocycles. The highest BCUT2D eigenvalue weighted by Gasteiger charge is 2.31. The first-order valence-corrected chi connectivity index (χ1v) is 13.0. The molecule has 0 bridgehead atoms. The largest absolute Gasteiger partial charge is 0.354 e. The van der Waals surface area contributed by atoms with Crippen molar-refractivity contribution in [3.05, 3.63) is 76.2 Å². The Kier molecular flexibility index (Phi) is 5.88. The summed E-state index contributed by atoms with van der Waals surface area (Å²) in [5, 5.41) is 6.38. The summed E-state index contributed by atoms with van der Waals surface area (Å²) in [7, 11) is 0. The van der Waals surface area contributed by atoms with Crippen LogP contribution in [0.4, 0.5) is 5.82 Å². The summed E-state index contributed by atoms with van der Waals surface area (Å²) in [5.74, 6) is 2.24. The smallest absolute Gasteiger partial charge is 0.255 e. The number of nitrogens with zero attached hydrogens (tertiary/aromatic N) is 6. The third kappa shape index (κ3) is 4.22.